The number of carbonyl (C=O) groups excluding carboxylic acids is 1. The van der Waals surface area contributed by atoms with Crippen LogP contribution in [-0.4, -0.2) is 27.6 Å². The lowest BCUT2D eigenvalue weighted by molar-refractivity contribution is 0.0443. The van der Waals surface area contributed by atoms with Crippen molar-refractivity contribution in [3.63, 3.8) is 0 Å². The first-order valence-electron chi connectivity index (χ1n) is 6.66. The average molecular weight is 357 g/mol. The molecule has 0 aliphatic rings. The Bertz CT molecular complexity index is 855. The van der Waals surface area contributed by atoms with Crippen LogP contribution in [0.5, 0.6) is 5.75 Å². The predicted octanol–water partition coefficient (Wildman–Crippen LogP) is 1.85. The number of rotatable bonds is 6. The summed E-state index contributed by atoms with van der Waals surface area (Å²) < 4.78 is 59.2. The Morgan fingerprint density at radius 3 is 2.42 bits per heavy atom. The van der Waals surface area contributed by atoms with Crippen LogP contribution in [0.2, 0.25) is 0 Å². The molecule has 2 aromatic carbocycles. The standard InChI is InChI=1S/C15H13F2NO5S/c16-12-6-5-10(24(18,20)21)9-11(12)15(19)23-8-7-22-14-4-2-1-3-13(14)17/h1-6,9H,7-8H2,(H2,18,20,21). The fourth-order valence-electron chi connectivity index (χ4n) is 1.76. The number of nitrogens with two attached hydrogens (primary N) is 1. The summed E-state index contributed by atoms with van der Waals surface area (Å²) in [5.41, 5.74) is -0.576. The molecule has 0 spiro atoms. The molecular formula is C15H13F2NO5S. The second-order valence-electron chi connectivity index (χ2n) is 4.60. The second kappa shape index (κ2) is 7.37. The molecule has 2 aromatic rings. The third-order valence-corrected chi connectivity index (χ3v) is 3.81. The number of ether oxygens (including phenoxy) is 2. The molecule has 0 radical (unpaired) electrons. The highest BCUT2D eigenvalue weighted by Crippen LogP contribution is 2.16. The molecular weight excluding hydrogens is 344 g/mol. The van der Waals surface area contributed by atoms with Gasteiger partial charge in [0.2, 0.25) is 10.0 Å². The van der Waals surface area contributed by atoms with Crippen LogP contribution in [0.3, 0.4) is 0 Å². The van der Waals surface area contributed by atoms with Crippen molar-refractivity contribution in [3.05, 3.63) is 59.7 Å². The highest BCUT2D eigenvalue weighted by Gasteiger charge is 2.18. The number of halogens is 2. The summed E-state index contributed by atoms with van der Waals surface area (Å²) in [6, 6.07) is 8.17. The van der Waals surface area contributed by atoms with Gasteiger partial charge in [-0.2, -0.15) is 0 Å². The number of benzene rings is 2. The van der Waals surface area contributed by atoms with Crippen LogP contribution in [0, 0.1) is 11.6 Å². The summed E-state index contributed by atoms with van der Waals surface area (Å²) in [7, 11) is -4.08. The Morgan fingerprint density at radius 2 is 1.75 bits per heavy atom. The molecule has 0 saturated heterocycles. The van der Waals surface area contributed by atoms with Gasteiger partial charge in [-0.25, -0.2) is 27.1 Å². The molecule has 0 amide bonds. The lowest BCUT2D eigenvalue weighted by Crippen LogP contribution is -2.16. The van der Waals surface area contributed by atoms with Crippen molar-refractivity contribution in [2.45, 2.75) is 4.90 Å². The van der Waals surface area contributed by atoms with E-state index >= 15 is 0 Å². The highest BCUT2D eigenvalue weighted by molar-refractivity contribution is 7.89. The minimum absolute atomic E-state index is 0.0176. The van der Waals surface area contributed by atoms with Gasteiger partial charge in [0.1, 0.15) is 19.0 Å². The Kier molecular flexibility index (Phi) is 5.47. The summed E-state index contributed by atoms with van der Waals surface area (Å²) >= 11 is 0. The van der Waals surface area contributed by atoms with Gasteiger partial charge in [0.25, 0.3) is 0 Å². The normalized spacial score (nSPS) is 11.1. The molecule has 9 heteroatoms. The van der Waals surface area contributed by atoms with Crippen molar-refractivity contribution < 1.29 is 31.5 Å². The predicted molar refractivity (Wildman–Crippen MR) is 80.0 cm³/mol. The van der Waals surface area contributed by atoms with Crippen molar-refractivity contribution >= 4 is 16.0 Å². The number of para-hydroxylation sites is 1. The molecule has 128 valence electrons. The van der Waals surface area contributed by atoms with Gasteiger partial charge in [-0.1, -0.05) is 12.1 Å². The third-order valence-electron chi connectivity index (χ3n) is 2.90. The number of primary sulfonamides is 1. The van der Waals surface area contributed by atoms with Crippen LogP contribution >= 0.6 is 0 Å². The topological polar surface area (TPSA) is 95.7 Å². The molecule has 0 aromatic heterocycles. The van der Waals surface area contributed by atoms with E-state index in [-0.39, 0.29) is 19.0 Å². The molecule has 0 unspecified atom stereocenters. The number of esters is 1. The molecule has 2 rings (SSSR count). The van der Waals surface area contributed by atoms with Gasteiger partial charge in [0, 0.05) is 0 Å². The molecule has 2 N–H and O–H groups in total. The maximum Gasteiger partial charge on any atom is 0.341 e. The SMILES string of the molecule is NS(=O)(=O)c1ccc(F)c(C(=O)OCCOc2ccccc2F)c1. The minimum atomic E-state index is -4.08. The summed E-state index contributed by atoms with van der Waals surface area (Å²) in [6.07, 6.45) is 0. The lowest BCUT2D eigenvalue weighted by Gasteiger charge is -2.09. The smallest absolute Gasteiger partial charge is 0.341 e. The monoisotopic (exact) mass is 357 g/mol. The van der Waals surface area contributed by atoms with Crippen molar-refractivity contribution in [2.24, 2.45) is 5.14 Å². The molecule has 24 heavy (non-hydrogen) atoms. The van der Waals surface area contributed by atoms with Gasteiger partial charge in [0.15, 0.2) is 11.6 Å². The fraction of sp³-hybridized carbons (Fsp3) is 0.133. The summed E-state index contributed by atoms with van der Waals surface area (Å²) in [6.45, 7) is -0.449. The number of sulfonamides is 1. The molecule has 0 saturated carbocycles. The third kappa shape index (κ3) is 4.49. The van der Waals surface area contributed by atoms with Crippen LogP contribution in [0.15, 0.2) is 47.4 Å². The first-order valence-corrected chi connectivity index (χ1v) is 8.20. The van der Waals surface area contributed by atoms with E-state index in [9.17, 15) is 22.0 Å². The van der Waals surface area contributed by atoms with E-state index < -0.39 is 38.1 Å². The summed E-state index contributed by atoms with van der Waals surface area (Å²) in [5, 5.41) is 4.92. The van der Waals surface area contributed by atoms with Gasteiger partial charge in [-0.3, -0.25) is 0 Å². The van der Waals surface area contributed by atoms with Gasteiger partial charge in [-0.15, -0.1) is 0 Å². The van der Waals surface area contributed by atoms with Crippen LogP contribution in [-0.2, 0) is 14.8 Å². The van der Waals surface area contributed by atoms with E-state index in [1.54, 1.807) is 6.07 Å². The fourth-order valence-corrected chi connectivity index (χ4v) is 2.30. The first kappa shape index (κ1) is 17.8. The van der Waals surface area contributed by atoms with E-state index in [4.69, 9.17) is 14.6 Å². The van der Waals surface area contributed by atoms with Crippen LogP contribution < -0.4 is 9.88 Å². The van der Waals surface area contributed by atoms with Crippen LogP contribution in [0.1, 0.15) is 10.4 Å². The lowest BCUT2D eigenvalue weighted by atomic mass is 10.2. The summed E-state index contributed by atoms with van der Waals surface area (Å²) in [5.74, 6) is -2.63. The molecule has 0 bridgehead atoms. The Labute approximate surface area is 136 Å². The van der Waals surface area contributed by atoms with Gasteiger partial charge < -0.3 is 9.47 Å². The van der Waals surface area contributed by atoms with Gasteiger partial charge in [-0.05, 0) is 30.3 Å². The average Bonchev–Trinajstić information content (AvgIpc) is 2.52. The number of hydrogen-bond acceptors (Lipinski definition) is 5. The molecule has 0 aliphatic heterocycles. The largest absolute Gasteiger partial charge is 0.487 e. The zero-order valence-electron chi connectivity index (χ0n) is 12.2. The zero-order chi connectivity index (χ0) is 17.7. The van der Waals surface area contributed by atoms with Crippen molar-refractivity contribution in [3.8, 4) is 5.75 Å². The van der Waals surface area contributed by atoms with Gasteiger partial charge in [0.05, 0.1) is 10.5 Å². The quantitative estimate of drug-likeness (QED) is 0.629. The Balaban J connectivity index is 1.97. The highest BCUT2D eigenvalue weighted by atomic mass is 32.2. The van der Waals surface area contributed by atoms with Crippen molar-refractivity contribution in [1.82, 2.24) is 0 Å². The molecule has 0 aliphatic carbocycles. The number of carbonyl (C=O) groups is 1. The van der Waals surface area contributed by atoms with E-state index in [1.807, 2.05) is 0 Å². The minimum Gasteiger partial charge on any atom is -0.487 e. The Morgan fingerprint density at radius 1 is 1.04 bits per heavy atom. The maximum absolute atomic E-state index is 13.6. The van der Waals surface area contributed by atoms with Crippen LogP contribution in [0.25, 0.3) is 0 Å². The van der Waals surface area contributed by atoms with Crippen LogP contribution in [0.4, 0.5) is 8.78 Å². The Hall–Kier alpha value is -2.52. The molecule has 0 heterocycles. The maximum atomic E-state index is 13.6. The van der Waals surface area contributed by atoms with E-state index in [2.05, 4.69) is 0 Å². The zero-order valence-corrected chi connectivity index (χ0v) is 13.1. The molecule has 6 nitrogen and oxygen atoms in total. The van der Waals surface area contributed by atoms with E-state index in [1.165, 1.54) is 18.2 Å². The van der Waals surface area contributed by atoms with E-state index in [0.29, 0.717) is 0 Å². The first-order chi connectivity index (χ1) is 11.3. The molecule has 0 fully saturated rings. The van der Waals surface area contributed by atoms with E-state index in [0.717, 1.165) is 18.2 Å². The molecule has 0 atom stereocenters. The van der Waals surface area contributed by atoms with Gasteiger partial charge >= 0.3 is 5.97 Å². The van der Waals surface area contributed by atoms with Crippen molar-refractivity contribution in [1.29, 1.82) is 0 Å². The summed E-state index contributed by atoms with van der Waals surface area (Å²) in [4.78, 5) is 11.4. The van der Waals surface area contributed by atoms with Crippen molar-refractivity contribution in [2.75, 3.05) is 13.2 Å². The second-order valence-corrected chi connectivity index (χ2v) is 6.16. The number of hydrogen-bond donors (Lipinski definition) is 1.